The number of carbonyl (C=O) groups excluding carboxylic acids is 1. The van der Waals surface area contributed by atoms with Crippen molar-refractivity contribution in [1.82, 2.24) is 5.32 Å². The van der Waals surface area contributed by atoms with Crippen LogP contribution in [0, 0.1) is 5.41 Å². The maximum Gasteiger partial charge on any atom is 0.251 e. The minimum Gasteiger partial charge on any atom is -0.385 e. The number of benzene rings is 1. The molecule has 1 aliphatic carbocycles. The van der Waals surface area contributed by atoms with E-state index in [9.17, 15) is 4.79 Å². The van der Waals surface area contributed by atoms with Gasteiger partial charge in [0.15, 0.2) is 0 Å². The van der Waals surface area contributed by atoms with Crippen LogP contribution in [-0.2, 0) is 6.42 Å². The Balaban J connectivity index is 1.71. The molecule has 0 aromatic heterocycles. The molecule has 1 aliphatic heterocycles. The molecular weight excluding hydrogens is 248 g/mol. The molecule has 20 heavy (non-hydrogen) atoms. The molecule has 2 aliphatic rings. The molecule has 2 N–H and O–H groups in total. The summed E-state index contributed by atoms with van der Waals surface area (Å²) in [6, 6.07) is 6.01. The van der Waals surface area contributed by atoms with E-state index in [-0.39, 0.29) is 5.91 Å². The van der Waals surface area contributed by atoms with Crippen LogP contribution in [0.15, 0.2) is 18.2 Å². The van der Waals surface area contributed by atoms with Crippen LogP contribution < -0.4 is 10.6 Å². The average Bonchev–Trinajstić information content (AvgIpc) is 2.46. The third-order valence-electron chi connectivity index (χ3n) is 5.13. The van der Waals surface area contributed by atoms with Gasteiger partial charge in [-0.2, -0.15) is 0 Å². The molecular formula is C17H24N2O. The van der Waals surface area contributed by atoms with Crippen LogP contribution in [-0.4, -0.2) is 19.0 Å². The lowest BCUT2D eigenvalue weighted by Crippen LogP contribution is -2.42. The predicted molar refractivity (Wildman–Crippen MR) is 82.2 cm³/mol. The van der Waals surface area contributed by atoms with Gasteiger partial charge in [-0.05, 0) is 55.2 Å². The molecule has 1 amide bonds. The summed E-state index contributed by atoms with van der Waals surface area (Å²) in [7, 11) is 0. The Morgan fingerprint density at radius 2 is 2.20 bits per heavy atom. The second-order valence-electron chi connectivity index (χ2n) is 6.25. The van der Waals surface area contributed by atoms with Gasteiger partial charge in [-0.1, -0.05) is 19.4 Å². The van der Waals surface area contributed by atoms with Crippen LogP contribution in [0.5, 0.6) is 0 Å². The number of carbonyl (C=O) groups is 1. The van der Waals surface area contributed by atoms with Crippen molar-refractivity contribution in [3.8, 4) is 0 Å². The molecule has 1 fully saturated rings. The molecule has 1 aromatic carbocycles. The summed E-state index contributed by atoms with van der Waals surface area (Å²) >= 11 is 0. The lowest BCUT2D eigenvalue weighted by molar-refractivity contribution is 0.0849. The van der Waals surface area contributed by atoms with E-state index in [4.69, 9.17) is 0 Å². The van der Waals surface area contributed by atoms with Gasteiger partial charge in [-0.25, -0.2) is 0 Å². The Bertz CT molecular complexity index is 500. The van der Waals surface area contributed by atoms with Crippen LogP contribution in [0.1, 0.15) is 54.9 Å². The zero-order valence-electron chi connectivity index (χ0n) is 12.3. The molecule has 0 unspecified atom stereocenters. The molecule has 3 nitrogen and oxygen atoms in total. The predicted octanol–water partition coefficient (Wildman–Crippen LogP) is 3.35. The Kier molecular flexibility index (Phi) is 3.68. The van der Waals surface area contributed by atoms with E-state index < -0.39 is 0 Å². The number of hydrogen-bond acceptors (Lipinski definition) is 2. The summed E-state index contributed by atoms with van der Waals surface area (Å²) in [5.74, 6) is 0.102. The summed E-state index contributed by atoms with van der Waals surface area (Å²) in [6.45, 7) is 4.08. The van der Waals surface area contributed by atoms with Gasteiger partial charge in [0.25, 0.3) is 5.91 Å². The zero-order chi connectivity index (χ0) is 14.0. The van der Waals surface area contributed by atoms with Gasteiger partial charge in [0.1, 0.15) is 0 Å². The van der Waals surface area contributed by atoms with Crippen LogP contribution in [0.25, 0.3) is 0 Å². The van der Waals surface area contributed by atoms with E-state index in [0.29, 0.717) is 5.41 Å². The number of amides is 1. The second-order valence-corrected chi connectivity index (χ2v) is 6.25. The summed E-state index contributed by atoms with van der Waals surface area (Å²) in [5, 5.41) is 6.56. The van der Waals surface area contributed by atoms with Gasteiger partial charge in [-0.3, -0.25) is 4.79 Å². The minimum absolute atomic E-state index is 0.102. The normalized spacial score (nSPS) is 19.4. The van der Waals surface area contributed by atoms with Crippen LogP contribution >= 0.6 is 0 Å². The maximum atomic E-state index is 12.5. The van der Waals surface area contributed by atoms with Crippen LogP contribution in [0.4, 0.5) is 5.69 Å². The molecule has 0 bridgehead atoms. The minimum atomic E-state index is 0.102. The molecule has 0 radical (unpaired) electrons. The SMILES string of the molecule is CCC1(CNC(=O)c2cccc3c2CCCN3)CCC1. The lowest BCUT2D eigenvalue weighted by Gasteiger charge is -2.41. The highest BCUT2D eigenvalue weighted by molar-refractivity contribution is 5.97. The first-order valence-electron chi connectivity index (χ1n) is 7.88. The third kappa shape index (κ3) is 2.41. The Hall–Kier alpha value is -1.51. The molecule has 108 valence electrons. The maximum absolute atomic E-state index is 12.5. The number of fused-ring (bicyclic) bond motifs is 1. The van der Waals surface area contributed by atoms with E-state index in [1.54, 1.807) is 0 Å². The Morgan fingerprint density at radius 1 is 1.35 bits per heavy atom. The summed E-state index contributed by atoms with van der Waals surface area (Å²) < 4.78 is 0. The molecule has 3 heteroatoms. The van der Waals surface area contributed by atoms with E-state index in [2.05, 4.69) is 23.6 Å². The van der Waals surface area contributed by atoms with Crippen molar-refractivity contribution < 1.29 is 4.79 Å². The van der Waals surface area contributed by atoms with Gasteiger partial charge < -0.3 is 10.6 Å². The number of nitrogens with one attached hydrogen (secondary N) is 2. The van der Waals surface area contributed by atoms with E-state index >= 15 is 0 Å². The monoisotopic (exact) mass is 272 g/mol. The van der Waals surface area contributed by atoms with Crippen molar-refractivity contribution in [3.63, 3.8) is 0 Å². The Labute approximate surface area is 121 Å². The van der Waals surface area contributed by atoms with Crippen LogP contribution in [0.3, 0.4) is 0 Å². The molecule has 1 heterocycles. The number of rotatable bonds is 4. The van der Waals surface area contributed by atoms with Crippen molar-refractivity contribution in [2.75, 3.05) is 18.4 Å². The van der Waals surface area contributed by atoms with E-state index in [1.165, 1.54) is 31.2 Å². The topological polar surface area (TPSA) is 41.1 Å². The molecule has 3 rings (SSSR count). The van der Waals surface area contributed by atoms with Gasteiger partial charge in [-0.15, -0.1) is 0 Å². The Morgan fingerprint density at radius 3 is 2.90 bits per heavy atom. The second kappa shape index (κ2) is 5.47. The van der Waals surface area contributed by atoms with Crippen molar-refractivity contribution in [3.05, 3.63) is 29.3 Å². The van der Waals surface area contributed by atoms with Crippen molar-refractivity contribution in [2.24, 2.45) is 5.41 Å². The first-order valence-corrected chi connectivity index (χ1v) is 7.88. The average molecular weight is 272 g/mol. The lowest BCUT2D eigenvalue weighted by atomic mass is 9.67. The quantitative estimate of drug-likeness (QED) is 0.882. The fourth-order valence-electron chi connectivity index (χ4n) is 3.42. The number of anilines is 1. The fraction of sp³-hybridized carbons (Fsp3) is 0.588. The summed E-state index contributed by atoms with van der Waals surface area (Å²) in [6.07, 6.45) is 7.12. The van der Waals surface area contributed by atoms with Crippen molar-refractivity contribution in [1.29, 1.82) is 0 Å². The van der Waals surface area contributed by atoms with E-state index in [0.717, 1.165) is 37.2 Å². The molecule has 1 aromatic rings. The van der Waals surface area contributed by atoms with Crippen molar-refractivity contribution in [2.45, 2.75) is 45.4 Å². The summed E-state index contributed by atoms with van der Waals surface area (Å²) in [5.41, 5.74) is 3.57. The highest BCUT2D eigenvalue weighted by Gasteiger charge is 2.35. The highest BCUT2D eigenvalue weighted by atomic mass is 16.1. The summed E-state index contributed by atoms with van der Waals surface area (Å²) in [4.78, 5) is 12.5. The molecule has 0 saturated heterocycles. The first-order chi connectivity index (χ1) is 9.74. The van der Waals surface area contributed by atoms with E-state index in [1.807, 2.05) is 12.1 Å². The highest BCUT2D eigenvalue weighted by Crippen LogP contribution is 2.43. The molecule has 1 saturated carbocycles. The van der Waals surface area contributed by atoms with Gasteiger partial charge in [0.2, 0.25) is 0 Å². The molecule has 0 atom stereocenters. The van der Waals surface area contributed by atoms with Gasteiger partial charge in [0.05, 0.1) is 0 Å². The standard InChI is InChI=1S/C17H24N2O/c1-2-17(9-5-10-17)12-19-16(20)14-6-3-8-15-13(14)7-4-11-18-15/h3,6,8,18H,2,4-5,7,9-12H2,1H3,(H,19,20). The largest absolute Gasteiger partial charge is 0.385 e. The van der Waals surface area contributed by atoms with Gasteiger partial charge in [0, 0.05) is 24.3 Å². The number of hydrogen-bond donors (Lipinski definition) is 2. The van der Waals surface area contributed by atoms with Crippen molar-refractivity contribution >= 4 is 11.6 Å². The fourth-order valence-corrected chi connectivity index (χ4v) is 3.42. The van der Waals surface area contributed by atoms with Gasteiger partial charge >= 0.3 is 0 Å². The first kappa shape index (κ1) is 13.5. The zero-order valence-corrected chi connectivity index (χ0v) is 12.3. The smallest absolute Gasteiger partial charge is 0.251 e. The molecule has 0 spiro atoms. The third-order valence-corrected chi connectivity index (χ3v) is 5.13. The van der Waals surface area contributed by atoms with Crippen LogP contribution in [0.2, 0.25) is 0 Å².